The summed E-state index contributed by atoms with van der Waals surface area (Å²) in [6, 6.07) is 10.4. The molecule has 7 nitrogen and oxygen atoms in total. The Morgan fingerprint density at radius 2 is 1.71 bits per heavy atom. The normalized spacial score (nSPS) is 26.4. The Hall–Kier alpha value is -1.96. The van der Waals surface area contributed by atoms with Crippen LogP contribution in [0.15, 0.2) is 30.3 Å². The van der Waals surface area contributed by atoms with Gasteiger partial charge in [-0.15, -0.1) is 0 Å². The summed E-state index contributed by atoms with van der Waals surface area (Å²) in [4.78, 5) is 29.8. The number of nitrogens with zero attached hydrogens (tertiary/aromatic N) is 2. The summed E-state index contributed by atoms with van der Waals surface area (Å²) in [5, 5.41) is 13.0. The zero-order chi connectivity index (χ0) is 24.5. The average Bonchev–Trinajstić information content (AvgIpc) is 2.90. The minimum Gasteiger partial charge on any atom is -0.394 e. The molecule has 0 radical (unpaired) electrons. The van der Waals surface area contributed by atoms with Gasteiger partial charge in [-0.3, -0.25) is 9.59 Å². The Labute approximate surface area is 210 Å². The SMILES string of the molecule is O=C(CCN1CCCCC1)N[C@H]1CC[C@@H](CC(=O)N2CCC(Cc3ccccc3)CC2)O[C@H]1CO. The van der Waals surface area contributed by atoms with Crippen molar-refractivity contribution in [1.82, 2.24) is 15.1 Å². The highest BCUT2D eigenvalue weighted by Gasteiger charge is 2.34. The number of aliphatic hydroxyl groups excluding tert-OH is 1. The molecule has 3 atom stereocenters. The molecule has 0 bridgehead atoms. The van der Waals surface area contributed by atoms with Gasteiger partial charge in [0.25, 0.3) is 0 Å². The van der Waals surface area contributed by atoms with Crippen molar-refractivity contribution in [2.75, 3.05) is 39.3 Å². The second-order valence-corrected chi connectivity index (χ2v) is 10.6. The average molecular weight is 486 g/mol. The van der Waals surface area contributed by atoms with Crippen LogP contribution in [0.1, 0.15) is 63.4 Å². The number of ether oxygens (including phenoxy) is 1. The summed E-state index contributed by atoms with van der Waals surface area (Å²) >= 11 is 0. The van der Waals surface area contributed by atoms with E-state index in [1.54, 1.807) is 0 Å². The van der Waals surface area contributed by atoms with Crippen molar-refractivity contribution in [2.45, 2.75) is 82.5 Å². The van der Waals surface area contributed by atoms with Crippen molar-refractivity contribution in [3.8, 4) is 0 Å². The maximum absolute atomic E-state index is 12.9. The van der Waals surface area contributed by atoms with E-state index in [1.807, 2.05) is 11.0 Å². The van der Waals surface area contributed by atoms with Crippen LogP contribution >= 0.6 is 0 Å². The molecule has 1 aromatic carbocycles. The highest BCUT2D eigenvalue weighted by atomic mass is 16.5. The molecule has 3 heterocycles. The number of rotatable bonds is 9. The van der Waals surface area contributed by atoms with Crippen LogP contribution in [0.25, 0.3) is 0 Å². The fourth-order valence-electron chi connectivity index (χ4n) is 5.83. The van der Waals surface area contributed by atoms with Gasteiger partial charge in [-0.25, -0.2) is 0 Å². The standard InChI is InChI=1S/C28H43N3O4/c32-21-26-25(29-27(33)13-16-30-14-5-2-6-15-30)10-9-24(35-26)20-28(34)31-17-11-23(12-18-31)19-22-7-3-1-4-8-22/h1,3-4,7-8,23-26,32H,2,5-6,9-21H2,(H,29,33)/t24-,25-,26-/m0/s1. The molecule has 2 N–H and O–H groups in total. The number of likely N-dealkylation sites (tertiary alicyclic amines) is 2. The first-order chi connectivity index (χ1) is 17.1. The monoisotopic (exact) mass is 485 g/mol. The fourth-order valence-corrected chi connectivity index (χ4v) is 5.83. The molecule has 35 heavy (non-hydrogen) atoms. The highest BCUT2D eigenvalue weighted by molar-refractivity contribution is 5.77. The first kappa shape index (κ1) is 26.1. The van der Waals surface area contributed by atoms with E-state index in [9.17, 15) is 14.7 Å². The molecule has 194 valence electrons. The summed E-state index contributed by atoms with van der Waals surface area (Å²) in [5.41, 5.74) is 1.37. The molecule has 0 spiro atoms. The number of nitrogens with one attached hydrogen (secondary N) is 1. The number of carbonyl (C=O) groups excluding carboxylic acids is 2. The van der Waals surface area contributed by atoms with Gasteiger partial charge in [-0.2, -0.15) is 0 Å². The lowest BCUT2D eigenvalue weighted by molar-refractivity contribution is -0.143. The second-order valence-electron chi connectivity index (χ2n) is 10.6. The number of hydrogen-bond acceptors (Lipinski definition) is 5. The van der Waals surface area contributed by atoms with E-state index in [1.165, 1.54) is 24.8 Å². The molecule has 2 amide bonds. The van der Waals surface area contributed by atoms with Crippen molar-refractivity contribution in [2.24, 2.45) is 5.92 Å². The minimum atomic E-state index is -0.447. The van der Waals surface area contributed by atoms with Crippen LogP contribution in [0.3, 0.4) is 0 Å². The van der Waals surface area contributed by atoms with Crippen LogP contribution < -0.4 is 5.32 Å². The van der Waals surface area contributed by atoms with Crippen LogP contribution in [0.5, 0.6) is 0 Å². The Morgan fingerprint density at radius 1 is 0.971 bits per heavy atom. The quantitative estimate of drug-likeness (QED) is 0.562. The summed E-state index contributed by atoms with van der Waals surface area (Å²) < 4.78 is 6.08. The van der Waals surface area contributed by atoms with Crippen molar-refractivity contribution in [1.29, 1.82) is 0 Å². The van der Waals surface area contributed by atoms with Gasteiger partial charge in [0.1, 0.15) is 6.10 Å². The largest absolute Gasteiger partial charge is 0.394 e. The number of hydrogen-bond donors (Lipinski definition) is 2. The molecule has 3 saturated heterocycles. The molecular weight excluding hydrogens is 442 g/mol. The molecule has 3 aliphatic heterocycles. The van der Waals surface area contributed by atoms with E-state index < -0.39 is 6.10 Å². The minimum absolute atomic E-state index is 0.0236. The lowest BCUT2D eigenvalue weighted by Gasteiger charge is -2.38. The van der Waals surface area contributed by atoms with E-state index in [-0.39, 0.29) is 30.6 Å². The molecule has 0 aliphatic carbocycles. The maximum Gasteiger partial charge on any atom is 0.225 e. The molecule has 3 fully saturated rings. The molecule has 3 aliphatic rings. The van der Waals surface area contributed by atoms with Crippen LogP contribution in [0.2, 0.25) is 0 Å². The first-order valence-electron chi connectivity index (χ1n) is 13.7. The van der Waals surface area contributed by atoms with Crippen molar-refractivity contribution >= 4 is 11.8 Å². The molecule has 4 rings (SSSR count). The summed E-state index contributed by atoms with van der Waals surface area (Å²) in [7, 11) is 0. The Balaban J connectivity index is 1.15. The maximum atomic E-state index is 12.9. The van der Waals surface area contributed by atoms with Gasteiger partial charge in [-0.1, -0.05) is 36.8 Å². The van der Waals surface area contributed by atoms with E-state index in [2.05, 4.69) is 34.5 Å². The van der Waals surface area contributed by atoms with E-state index >= 15 is 0 Å². The van der Waals surface area contributed by atoms with Crippen LogP contribution in [0.4, 0.5) is 0 Å². The van der Waals surface area contributed by atoms with Crippen molar-refractivity contribution < 1.29 is 19.4 Å². The topological polar surface area (TPSA) is 82.1 Å². The molecular formula is C28H43N3O4. The van der Waals surface area contributed by atoms with Gasteiger partial charge < -0.3 is 25.0 Å². The van der Waals surface area contributed by atoms with Crippen molar-refractivity contribution in [3.63, 3.8) is 0 Å². The zero-order valence-corrected chi connectivity index (χ0v) is 21.1. The van der Waals surface area contributed by atoms with E-state index in [0.29, 0.717) is 18.8 Å². The smallest absolute Gasteiger partial charge is 0.225 e. The lowest BCUT2D eigenvalue weighted by atomic mass is 9.90. The van der Waals surface area contributed by atoms with E-state index in [0.717, 1.165) is 64.8 Å². The summed E-state index contributed by atoms with van der Waals surface area (Å²) in [5.74, 6) is 0.801. The van der Waals surface area contributed by atoms with Gasteiger partial charge in [-0.05, 0) is 69.5 Å². The molecule has 0 saturated carbocycles. The molecule has 1 aromatic rings. The Kier molecular flexibility index (Phi) is 9.98. The Morgan fingerprint density at radius 3 is 2.43 bits per heavy atom. The van der Waals surface area contributed by atoms with Gasteiger partial charge in [0.15, 0.2) is 0 Å². The van der Waals surface area contributed by atoms with Gasteiger partial charge in [0, 0.05) is 26.1 Å². The number of benzene rings is 1. The second kappa shape index (κ2) is 13.4. The van der Waals surface area contributed by atoms with E-state index in [4.69, 9.17) is 4.74 Å². The van der Waals surface area contributed by atoms with Crippen molar-refractivity contribution in [3.05, 3.63) is 35.9 Å². The summed E-state index contributed by atoms with van der Waals surface area (Å²) in [6.45, 7) is 4.43. The summed E-state index contributed by atoms with van der Waals surface area (Å²) in [6.07, 6.45) is 8.55. The lowest BCUT2D eigenvalue weighted by Crippen LogP contribution is -2.52. The van der Waals surface area contributed by atoms with Gasteiger partial charge in [0.05, 0.1) is 25.2 Å². The van der Waals surface area contributed by atoms with Gasteiger partial charge in [0.2, 0.25) is 11.8 Å². The third-order valence-electron chi connectivity index (χ3n) is 7.98. The highest BCUT2D eigenvalue weighted by Crippen LogP contribution is 2.25. The third-order valence-corrected chi connectivity index (χ3v) is 7.98. The van der Waals surface area contributed by atoms with Gasteiger partial charge >= 0.3 is 0 Å². The number of piperidine rings is 2. The Bertz CT molecular complexity index is 791. The number of amides is 2. The predicted octanol–water partition coefficient (Wildman–Crippen LogP) is 2.76. The van der Waals surface area contributed by atoms with Crippen LogP contribution in [-0.4, -0.2) is 84.3 Å². The molecule has 0 unspecified atom stereocenters. The molecule has 7 heteroatoms. The van der Waals surface area contributed by atoms with Crippen LogP contribution in [-0.2, 0) is 20.7 Å². The fraction of sp³-hybridized carbons (Fsp3) is 0.714. The number of aliphatic hydroxyl groups is 1. The number of carbonyl (C=O) groups is 2. The predicted molar refractivity (Wildman–Crippen MR) is 136 cm³/mol. The third kappa shape index (κ3) is 8.02. The van der Waals surface area contributed by atoms with Crippen LogP contribution in [0, 0.1) is 5.92 Å². The zero-order valence-electron chi connectivity index (χ0n) is 21.1. The molecule has 0 aromatic heterocycles. The first-order valence-corrected chi connectivity index (χ1v) is 13.7.